The van der Waals surface area contributed by atoms with Gasteiger partial charge in [-0.15, -0.1) is 0 Å². The minimum Gasteiger partial charge on any atom is -0.497 e. The van der Waals surface area contributed by atoms with Gasteiger partial charge in [0.2, 0.25) is 5.91 Å². The van der Waals surface area contributed by atoms with E-state index in [2.05, 4.69) is 24.1 Å². The van der Waals surface area contributed by atoms with Crippen molar-refractivity contribution in [1.82, 2.24) is 15.1 Å². The van der Waals surface area contributed by atoms with E-state index < -0.39 is 0 Å². The lowest BCUT2D eigenvalue weighted by Crippen LogP contribution is -2.58. The van der Waals surface area contributed by atoms with Gasteiger partial charge in [-0.05, 0) is 42.9 Å². The molecule has 1 N–H and O–H groups in total. The van der Waals surface area contributed by atoms with Gasteiger partial charge in [0.1, 0.15) is 5.75 Å². The summed E-state index contributed by atoms with van der Waals surface area (Å²) in [4.78, 5) is 30.2. The molecule has 1 saturated heterocycles. The predicted molar refractivity (Wildman–Crippen MR) is 119 cm³/mol. The van der Waals surface area contributed by atoms with Gasteiger partial charge in [-0.25, -0.2) is 0 Å². The van der Waals surface area contributed by atoms with Gasteiger partial charge in [0, 0.05) is 38.3 Å². The zero-order valence-corrected chi connectivity index (χ0v) is 18.7. The van der Waals surface area contributed by atoms with E-state index in [0.29, 0.717) is 36.2 Å². The SMILES string of the molecule is CCC(C)CNC(=O)C(C1CCCC1)N1CCN(C(=O)c2cccc(OC)c2)CC1. The number of piperazine rings is 1. The summed E-state index contributed by atoms with van der Waals surface area (Å²) in [6.07, 6.45) is 5.76. The van der Waals surface area contributed by atoms with Crippen LogP contribution in [-0.2, 0) is 4.79 Å². The van der Waals surface area contributed by atoms with Gasteiger partial charge in [0.15, 0.2) is 0 Å². The maximum absolute atomic E-state index is 13.1. The first kappa shape index (κ1) is 22.6. The van der Waals surface area contributed by atoms with Crippen molar-refractivity contribution in [2.75, 3.05) is 39.8 Å². The van der Waals surface area contributed by atoms with Gasteiger partial charge in [-0.3, -0.25) is 14.5 Å². The van der Waals surface area contributed by atoms with Crippen LogP contribution in [0.3, 0.4) is 0 Å². The first-order chi connectivity index (χ1) is 14.5. The normalized spacial score (nSPS) is 20.0. The zero-order valence-electron chi connectivity index (χ0n) is 18.7. The Morgan fingerprint density at radius 1 is 1.17 bits per heavy atom. The number of rotatable bonds is 8. The molecule has 6 nitrogen and oxygen atoms in total. The molecular formula is C24H37N3O3. The zero-order chi connectivity index (χ0) is 21.5. The van der Waals surface area contributed by atoms with Crippen molar-refractivity contribution >= 4 is 11.8 Å². The molecule has 2 amide bonds. The van der Waals surface area contributed by atoms with Gasteiger partial charge >= 0.3 is 0 Å². The van der Waals surface area contributed by atoms with Crippen LogP contribution in [-0.4, -0.2) is 67.5 Å². The monoisotopic (exact) mass is 415 g/mol. The molecular weight excluding hydrogens is 378 g/mol. The fraction of sp³-hybridized carbons (Fsp3) is 0.667. The maximum Gasteiger partial charge on any atom is 0.254 e. The van der Waals surface area contributed by atoms with Crippen molar-refractivity contribution in [2.24, 2.45) is 11.8 Å². The highest BCUT2D eigenvalue weighted by Crippen LogP contribution is 2.31. The molecule has 0 radical (unpaired) electrons. The van der Waals surface area contributed by atoms with Crippen LogP contribution in [0.1, 0.15) is 56.3 Å². The minimum atomic E-state index is -0.0642. The average Bonchev–Trinajstić information content (AvgIpc) is 3.32. The smallest absolute Gasteiger partial charge is 0.254 e. The average molecular weight is 416 g/mol. The molecule has 0 bridgehead atoms. The standard InChI is InChI=1S/C24H37N3O3/c1-4-18(2)17-25-23(28)22(19-8-5-6-9-19)26-12-14-27(15-13-26)24(29)20-10-7-11-21(16-20)30-3/h7,10-11,16,18-19,22H,4-6,8-9,12-15,17H2,1-3H3,(H,25,28). The van der Waals surface area contributed by atoms with Crippen LogP contribution in [0.15, 0.2) is 24.3 Å². The summed E-state index contributed by atoms with van der Waals surface area (Å²) in [5.74, 6) is 1.83. The third-order valence-corrected chi connectivity index (χ3v) is 6.75. The molecule has 30 heavy (non-hydrogen) atoms. The number of methoxy groups -OCH3 is 1. The third kappa shape index (κ3) is 5.54. The predicted octanol–water partition coefficient (Wildman–Crippen LogP) is 3.17. The molecule has 1 aliphatic carbocycles. The lowest BCUT2D eigenvalue weighted by Gasteiger charge is -2.41. The van der Waals surface area contributed by atoms with Gasteiger partial charge < -0.3 is 15.0 Å². The van der Waals surface area contributed by atoms with Crippen molar-refractivity contribution in [3.63, 3.8) is 0 Å². The molecule has 166 valence electrons. The fourth-order valence-corrected chi connectivity index (χ4v) is 4.62. The molecule has 2 aliphatic rings. The van der Waals surface area contributed by atoms with E-state index in [4.69, 9.17) is 4.74 Å². The fourth-order valence-electron chi connectivity index (χ4n) is 4.62. The summed E-state index contributed by atoms with van der Waals surface area (Å²) in [6, 6.07) is 7.25. The summed E-state index contributed by atoms with van der Waals surface area (Å²) >= 11 is 0. The molecule has 1 saturated carbocycles. The first-order valence-corrected chi connectivity index (χ1v) is 11.5. The van der Waals surface area contributed by atoms with Gasteiger partial charge in [0.25, 0.3) is 5.91 Å². The second-order valence-electron chi connectivity index (χ2n) is 8.81. The van der Waals surface area contributed by atoms with Crippen LogP contribution in [0.2, 0.25) is 0 Å². The molecule has 2 fully saturated rings. The van der Waals surface area contributed by atoms with E-state index in [1.807, 2.05) is 23.1 Å². The van der Waals surface area contributed by atoms with Crippen molar-refractivity contribution in [3.05, 3.63) is 29.8 Å². The quantitative estimate of drug-likeness (QED) is 0.708. The van der Waals surface area contributed by atoms with E-state index in [-0.39, 0.29) is 17.9 Å². The Bertz CT molecular complexity index is 709. The Morgan fingerprint density at radius 3 is 2.50 bits per heavy atom. The van der Waals surface area contributed by atoms with Gasteiger partial charge in [-0.1, -0.05) is 39.2 Å². The Labute approximate surface area is 180 Å². The maximum atomic E-state index is 13.1. The van der Waals surface area contributed by atoms with Gasteiger partial charge in [0.05, 0.1) is 13.2 Å². The second-order valence-corrected chi connectivity index (χ2v) is 8.81. The number of benzene rings is 1. The first-order valence-electron chi connectivity index (χ1n) is 11.5. The molecule has 2 atom stereocenters. The minimum absolute atomic E-state index is 0.0344. The van der Waals surface area contributed by atoms with E-state index >= 15 is 0 Å². The summed E-state index contributed by atoms with van der Waals surface area (Å²) in [5.41, 5.74) is 0.654. The number of ether oxygens (including phenoxy) is 1. The number of amides is 2. The third-order valence-electron chi connectivity index (χ3n) is 6.75. The second kappa shape index (κ2) is 10.8. The molecule has 6 heteroatoms. The number of hydrogen-bond donors (Lipinski definition) is 1. The van der Waals surface area contributed by atoms with E-state index in [0.717, 1.165) is 38.9 Å². The van der Waals surface area contributed by atoms with Crippen LogP contribution < -0.4 is 10.1 Å². The van der Waals surface area contributed by atoms with Crippen molar-refractivity contribution in [2.45, 2.75) is 52.0 Å². The molecule has 0 aromatic heterocycles. The van der Waals surface area contributed by atoms with Crippen LogP contribution in [0.25, 0.3) is 0 Å². The molecule has 1 aromatic carbocycles. The highest BCUT2D eigenvalue weighted by Gasteiger charge is 2.37. The van der Waals surface area contributed by atoms with Gasteiger partial charge in [-0.2, -0.15) is 0 Å². The number of nitrogens with one attached hydrogen (secondary N) is 1. The van der Waals surface area contributed by atoms with Crippen LogP contribution in [0.5, 0.6) is 5.75 Å². The van der Waals surface area contributed by atoms with E-state index in [1.165, 1.54) is 12.8 Å². The Hall–Kier alpha value is -2.08. The largest absolute Gasteiger partial charge is 0.497 e. The Kier molecular flexibility index (Phi) is 8.14. The Balaban J connectivity index is 1.62. The molecule has 2 unspecified atom stereocenters. The number of carbonyl (C=O) groups excluding carboxylic acids is 2. The summed E-state index contributed by atoms with van der Waals surface area (Å²) in [7, 11) is 1.61. The number of nitrogens with zero attached hydrogens (tertiary/aromatic N) is 2. The Morgan fingerprint density at radius 2 is 1.87 bits per heavy atom. The van der Waals surface area contributed by atoms with Crippen molar-refractivity contribution < 1.29 is 14.3 Å². The van der Waals surface area contributed by atoms with Crippen molar-refractivity contribution in [3.8, 4) is 5.75 Å². The van der Waals surface area contributed by atoms with Crippen LogP contribution >= 0.6 is 0 Å². The topological polar surface area (TPSA) is 61.9 Å². The van der Waals surface area contributed by atoms with Crippen LogP contribution in [0.4, 0.5) is 0 Å². The molecule has 1 heterocycles. The number of hydrogen-bond acceptors (Lipinski definition) is 4. The van der Waals surface area contributed by atoms with E-state index in [9.17, 15) is 9.59 Å². The van der Waals surface area contributed by atoms with Crippen molar-refractivity contribution in [1.29, 1.82) is 0 Å². The lowest BCUT2D eigenvalue weighted by atomic mass is 9.94. The lowest BCUT2D eigenvalue weighted by molar-refractivity contribution is -0.129. The summed E-state index contributed by atoms with van der Waals surface area (Å²) in [5, 5.41) is 3.21. The molecule has 3 rings (SSSR count). The highest BCUT2D eigenvalue weighted by molar-refractivity contribution is 5.94. The number of carbonyl (C=O) groups is 2. The molecule has 0 spiro atoms. The molecule has 1 aromatic rings. The van der Waals surface area contributed by atoms with E-state index in [1.54, 1.807) is 13.2 Å². The summed E-state index contributed by atoms with van der Waals surface area (Å²) < 4.78 is 5.25. The summed E-state index contributed by atoms with van der Waals surface area (Å²) in [6.45, 7) is 7.86. The highest BCUT2D eigenvalue weighted by atomic mass is 16.5. The van der Waals surface area contributed by atoms with Crippen LogP contribution in [0, 0.1) is 11.8 Å². The molecule has 1 aliphatic heterocycles.